The first kappa shape index (κ1) is 10.8. The second-order valence-corrected chi connectivity index (χ2v) is 3.66. The summed E-state index contributed by atoms with van der Waals surface area (Å²) in [5.41, 5.74) is 0. The standard InChI is InChI=1S/C9H16N2O3/c1-7(2)14-8(12)6-11-5-4-10(3)9(11)13/h7H,4-6H2,1-3H3. The highest BCUT2D eigenvalue weighted by Crippen LogP contribution is 2.05. The largest absolute Gasteiger partial charge is 0.462 e. The van der Waals surface area contributed by atoms with Crippen LogP contribution in [-0.2, 0) is 9.53 Å². The molecule has 0 aromatic carbocycles. The second kappa shape index (κ2) is 4.30. The molecule has 0 bridgehead atoms. The molecule has 80 valence electrons. The summed E-state index contributed by atoms with van der Waals surface area (Å²) in [6, 6.07) is -0.106. The van der Waals surface area contributed by atoms with Crippen LogP contribution < -0.4 is 0 Å². The molecule has 14 heavy (non-hydrogen) atoms. The van der Waals surface area contributed by atoms with Crippen LogP contribution >= 0.6 is 0 Å². The van der Waals surface area contributed by atoms with Crippen LogP contribution in [0.5, 0.6) is 0 Å². The third kappa shape index (κ3) is 2.61. The zero-order chi connectivity index (χ0) is 10.7. The molecule has 0 saturated carbocycles. The van der Waals surface area contributed by atoms with Gasteiger partial charge in [0.25, 0.3) is 0 Å². The number of likely N-dealkylation sites (N-methyl/N-ethyl adjacent to an activating group) is 1. The Hall–Kier alpha value is -1.26. The Morgan fingerprint density at radius 3 is 2.57 bits per heavy atom. The molecule has 1 saturated heterocycles. The zero-order valence-corrected chi connectivity index (χ0v) is 8.82. The van der Waals surface area contributed by atoms with Gasteiger partial charge in [0.2, 0.25) is 0 Å². The zero-order valence-electron chi connectivity index (χ0n) is 8.82. The smallest absolute Gasteiger partial charge is 0.325 e. The Morgan fingerprint density at radius 2 is 2.14 bits per heavy atom. The number of hydrogen-bond acceptors (Lipinski definition) is 3. The highest BCUT2D eigenvalue weighted by atomic mass is 16.5. The van der Waals surface area contributed by atoms with Crippen molar-refractivity contribution in [3.8, 4) is 0 Å². The summed E-state index contributed by atoms with van der Waals surface area (Å²) < 4.78 is 4.94. The highest BCUT2D eigenvalue weighted by molar-refractivity contribution is 5.82. The van der Waals surface area contributed by atoms with Gasteiger partial charge in [0.15, 0.2) is 0 Å². The van der Waals surface area contributed by atoms with Gasteiger partial charge in [0.1, 0.15) is 6.54 Å². The lowest BCUT2D eigenvalue weighted by Gasteiger charge is -2.15. The van der Waals surface area contributed by atoms with Gasteiger partial charge in [0.05, 0.1) is 6.10 Å². The van der Waals surface area contributed by atoms with E-state index in [0.29, 0.717) is 13.1 Å². The highest BCUT2D eigenvalue weighted by Gasteiger charge is 2.27. The van der Waals surface area contributed by atoms with Crippen molar-refractivity contribution in [3.05, 3.63) is 0 Å². The fraction of sp³-hybridized carbons (Fsp3) is 0.778. The second-order valence-electron chi connectivity index (χ2n) is 3.66. The van der Waals surface area contributed by atoms with Crippen LogP contribution in [0.4, 0.5) is 4.79 Å². The Balaban J connectivity index is 2.38. The van der Waals surface area contributed by atoms with Crippen molar-refractivity contribution in [3.63, 3.8) is 0 Å². The minimum atomic E-state index is -0.344. The van der Waals surface area contributed by atoms with E-state index >= 15 is 0 Å². The first-order chi connectivity index (χ1) is 6.50. The van der Waals surface area contributed by atoms with Gasteiger partial charge in [-0.1, -0.05) is 0 Å². The molecule has 0 N–H and O–H groups in total. The van der Waals surface area contributed by atoms with E-state index in [9.17, 15) is 9.59 Å². The molecule has 5 heteroatoms. The van der Waals surface area contributed by atoms with Gasteiger partial charge in [-0.05, 0) is 13.8 Å². The Labute approximate surface area is 83.6 Å². The quantitative estimate of drug-likeness (QED) is 0.616. The molecule has 1 heterocycles. The van der Waals surface area contributed by atoms with E-state index in [1.807, 2.05) is 0 Å². The number of carbonyl (C=O) groups excluding carboxylic acids is 2. The predicted molar refractivity (Wildman–Crippen MR) is 50.8 cm³/mol. The topological polar surface area (TPSA) is 49.9 Å². The molecular formula is C9H16N2O3. The van der Waals surface area contributed by atoms with E-state index in [0.717, 1.165) is 0 Å². The Bertz CT molecular complexity index is 240. The third-order valence-corrected chi connectivity index (χ3v) is 1.99. The van der Waals surface area contributed by atoms with E-state index in [1.165, 1.54) is 4.90 Å². The monoisotopic (exact) mass is 200 g/mol. The average Bonchev–Trinajstić information content (AvgIpc) is 2.34. The molecule has 0 aromatic rings. The summed E-state index contributed by atoms with van der Waals surface area (Å²) in [5.74, 6) is -0.344. The normalized spacial score (nSPS) is 16.7. The van der Waals surface area contributed by atoms with Gasteiger partial charge < -0.3 is 14.5 Å². The van der Waals surface area contributed by atoms with Crippen molar-refractivity contribution in [1.29, 1.82) is 0 Å². The molecule has 0 radical (unpaired) electrons. The number of amides is 2. The van der Waals surface area contributed by atoms with E-state index in [1.54, 1.807) is 25.8 Å². The molecule has 0 atom stereocenters. The lowest BCUT2D eigenvalue weighted by atomic mass is 10.4. The molecule has 0 aliphatic carbocycles. The molecule has 1 aliphatic heterocycles. The van der Waals surface area contributed by atoms with Crippen LogP contribution in [-0.4, -0.2) is 54.6 Å². The lowest BCUT2D eigenvalue weighted by Crippen LogP contribution is -2.35. The molecule has 0 unspecified atom stereocenters. The number of rotatable bonds is 3. The summed E-state index contributed by atoms with van der Waals surface area (Å²) in [4.78, 5) is 25.7. The van der Waals surface area contributed by atoms with E-state index in [4.69, 9.17) is 4.74 Å². The van der Waals surface area contributed by atoms with Crippen molar-refractivity contribution >= 4 is 12.0 Å². The third-order valence-electron chi connectivity index (χ3n) is 1.99. The molecular weight excluding hydrogens is 184 g/mol. The van der Waals surface area contributed by atoms with Gasteiger partial charge in [-0.25, -0.2) is 4.79 Å². The number of hydrogen-bond donors (Lipinski definition) is 0. The van der Waals surface area contributed by atoms with E-state index in [2.05, 4.69) is 0 Å². The van der Waals surface area contributed by atoms with Crippen LogP contribution in [0.15, 0.2) is 0 Å². The van der Waals surface area contributed by atoms with Crippen molar-refractivity contribution in [2.75, 3.05) is 26.7 Å². The molecule has 1 aliphatic rings. The minimum absolute atomic E-state index is 0.0569. The van der Waals surface area contributed by atoms with E-state index in [-0.39, 0.29) is 24.6 Å². The number of nitrogens with zero attached hydrogens (tertiary/aromatic N) is 2. The lowest BCUT2D eigenvalue weighted by molar-refractivity contribution is -0.147. The molecule has 1 fully saturated rings. The average molecular weight is 200 g/mol. The Kier molecular flexibility index (Phi) is 3.33. The van der Waals surface area contributed by atoms with Crippen LogP contribution in [0.2, 0.25) is 0 Å². The Morgan fingerprint density at radius 1 is 1.50 bits per heavy atom. The fourth-order valence-electron chi connectivity index (χ4n) is 1.31. The first-order valence-electron chi connectivity index (χ1n) is 4.70. The number of ether oxygens (including phenoxy) is 1. The van der Waals surface area contributed by atoms with Crippen LogP contribution in [0, 0.1) is 0 Å². The van der Waals surface area contributed by atoms with Gasteiger partial charge in [0, 0.05) is 20.1 Å². The summed E-state index contributed by atoms with van der Waals surface area (Å²) in [6.07, 6.45) is -0.127. The van der Waals surface area contributed by atoms with Gasteiger partial charge in [-0.2, -0.15) is 0 Å². The molecule has 5 nitrogen and oxygen atoms in total. The summed E-state index contributed by atoms with van der Waals surface area (Å²) in [5, 5.41) is 0. The maximum Gasteiger partial charge on any atom is 0.325 e. The van der Waals surface area contributed by atoms with Crippen LogP contribution in [0.3, 0.4) is 0 Å². The van der Waals surface area contributed by atoms with Crippen molar-refractivity contribution in [1.82, 2.24) is 9.80 Å². The summed E-state index contributed by atoms with van der Waals surface area (Å²) in [7, 11) is 1.72. The molecule has 1 rings (SSSR count). The SMILES string of the molecule is CC(C)OC(=O)CN1CCN(C)C1=O. The molecule has 2 amide bonds. The summed E-state index contributed by atoms with van der Waals surface area (Å²) in [6.45, 7) is 4.91. The van der Waals surface area contributed by atoms with E-state index < -0.39 is 0 Å². The molecule has 0 aromatic heterocycles. The van der Waals surface area contributed by atoms with Gasteiger partial charge >= 0.3 is 12.0 Å². The van der Waals surface area contributed by atoms with Crippen molar-refractivity contribution in [2.45, 2.75) is 20.0 Å². The number of urea groups is 1. The number of carbonyl (C=O) groups is 2. The number of esters is 1. The van der Waals surface area contributed by atoms with Crippen LogP contribution in [0.1, 0.15) is 13.8 Å². The predicted octanol–water partition coefficient (Wildman–Crippen LogP) is 0.305. The first-order valence-corrected chi connectivity index (χ1v) is 4.70. The van der Waals surface area contributed by atoms with Crippen molar-refractivity contribution in [2.24, 2.45) is 0 Å². The van der Waals surface area contributed by atoms with Crippen molar-refractivity contribution < 1.29 is 14.3 Å². The van der Waals surface area contributed by atoms with Gasteiger partial charge in [-0.3, -0.25) is 4.79 Å². The maximum atomic E-state index is 11.4. The van der Waals surface area contributed by atoms with Crippen LogP contribution in [0.25, 0.3) is 0 Å². The minimum Gasteiger partial charge on any atom is -0.462 e. The maximum absolute atomic E-state index is 11.4. The summed E-state index contributed by atoms with van der Waals surface area (Å²) >= 11 is 0. The van der Waals surface area contributed by atoms with Gasteiger partial charge in [-0.15, -0.1) is 0 Å². The fourth-order valence-corrected chi connectivity index (χ4v) is 1.31. The molecule has 0 spiro atoms.